The van der Waals surface area contributed by atoms with Crippen molar-refractivity contribution in [2.24, 2.45) is 10.4 Å². The molecule has 0 N–H and O–H groups in total. The first-order chi connectivity index (χ1) is 14.9. The number of aliphatic imine (C=N–C) groups is 1. The molecule has 0 bridgehead atoms. The third-order valence-corrected chi connectivity index (χ3v) is 6.39. The van der Waals surface area contributed by atoms with E-state index in [-0.39, 0.29) is 5.41 Å². The molecular formula is C26H36N4O. The first kappa shape index (κ1) is 23.0. The van der Waals surface area contributed by atoms with Crippen LogP contribution in [0.1, 0.15) is 59.6 Å². The Kier molecular flexibility index (Phi) is 7.47. The summed E-state index contributed by atoms with van der Waals surface area (Å²) < 4.78 is 0. The molecule has 0 radical (unpaired) electrons. The predicted octanol–water partition coefficient (Wildman–Crippen LogP) is 5.09. The Morgan fingerprint density at radius 2 is 1.84 bits per heavy atom. The SMILES string of the molecule is C\C=C(C(/C(C)=N/C=C/CC)=C(/C)N1CCN(C(=O)C2(C)CC2)CC1)\c1ccccn1. The Hall–Kier alpha value is -2.69. The molecule has 1 aliphatic carbocycles. The van der Waals surface area contributed by atoms with Crippen molar-refractivity contribution in [1.82, 2.24) is 14.8 Å². The van der Waals surface area contributed by atoms with Gasteiger partial charge in [-0.25, -0.2) is 0 Å². The molecular weight excluding hydrogens is 384 g/mol. The van der Waals surface area contributed by atoms with Gasteiger partial charge in [-0.1, -0.05) is 32.1 Å². The van der Waals surface area contributed by atoms with Gasteiger partial charge in [-0.3, -0.25) is 14.8 Å². The summed E-state index contributed by atoms with van der Waals surface area (Å²) in [5, 5.41) is 0. The maximum atomic E-state index is 12.7. The molecule has 2 aliphatic rings. The summed E-state index contributed by atoms with van der Waals surface area (Å²) in [6.45, 7) is 13.7. The van der Waals surface area contributed by atoms with E-state index < -0.39 is 0 Å². The highest BCUT2D eigenvalue weighted by atomic mass is 16.2. The quantitative estimate of drug-likeness (QED) is 0.456. The number of rotatable bonds is 7. The van der Waals surface area contributed by atoms with E-state index in [9.17, 15) is 4.79 Å². The lowest BCUT2D eigenvalue weighted by Gasteiger charge is -2.38. The Labute approximate surface area is 187 Å². The van der Waals surface area contributed by atoms with Crippen LogP contribution in [0, 0.1) is 5.41 Å². The standard InChI is InChI=1S/C26H36N4O/c1-6-8-14-27-20(3)24(22(7-2)23-11-9-10-15-28-23)21(4)29-16-18-30(19-17-29)25(31)26(5)12-13-26/h7-11,14-15H,6,12-13,16-19H2,1-5H3/b14-8+,22-7-,24-21-,27-20+. The lowest BCUT2D eigenvalue weighted by Crippen LogP contribution is -2.50. The monoisotopic (exact) mass is 420 g/mol. The third-order valence-electron chi connectivity index (χ3n) is 6.39. The number of allylic oxidation sites excluding steroid dienone is 5. The highest BCUT2D eigenvalue weighted by Crippen LogP contribution is 2.46. The average molecular weight is 421 g/mol. The van der Waals surface area contributed by atoms with Crippen molar-refractivity contribution in [2.75, 3.05) is 26.2 Å². The van der Waals surface area contributed by atoms with E-state index in [1.54, 1.807) is 0 Å². The van der Waals surface area contributed by atoms with Crippen LogP contribution in [0.3, 0.4) is 0 Å². The van der Waals surface area contributed by atoms with Crippen LogP contribution in [-0.4, -0.2) is 52.6 Å². The summed E-state index contributed by atoms with van der Waals surface area (Å²) in [6.07, 6.45) is 10.9. The van der Waals surface area contributed by atoms with Crippen LogP contribution < -0.4 is 0 Å². The van der Waals surface area contributed by atoms with E-state index >= 15 is 0 Å². The highest BCUT2D eigenvalue weighted by molar-refractivity contribution is 6.12. The molecule has 166 valence electrons. The summed E-state index contributed by atoms with van der Waals surface area (Å²) in [4.78, 5) is 26.5. The number of aromatic nitrogens is 1. The van der Waals surface area contributed by atoms with Crippen LogP contribution in [0.15, 0.2) is 59.0 Å². The summed E-state index contributed by atoms with van der Waals surface area (Å²) in [5.74, 6) is 0.332. The molecule has 5 nitrogen and oxygen atoms in total. The molecule has 0 spiro atoms. The second-order valence-corrected chi connectivity index (χ2v) is 8.73. The molecule has 0 atom stereocenters. The molecule has 1 aromatic rings. The van der Waals surface area contributed by atoms with Gasteiger partial charge in [0.05, 0.1) is 5.69 Å². The number of amides is 1. The fourth-order valence-electron chi connectivity index (χ4n) is 4.11. The van der Waals surface area contributed by atoms with Crippen LogP contribution in [0.25, 0.3) is 5.57 Å². The molecule has 1 amide bonds. The van der Waals surface area contributed by atoms with Gasteiger partial charge in [0.25, 0.3) is 0 Å². The number of carbonyl (C=O) groups excluding carboxylic acids is 1. The zero-order valence-electron chi connectivity index (χ0n) is 19.7. The molecule has 0 unspecified atom stereocenters. The fraction of sp³-hybridized carbons (Fsp3) is 0.500. The predicted molar refractivity (Wildman–Crippen MR) is 129 cm³/mol. The molecule has 2 fully saturated rings. The van der Waals surface area contributed by atoms with Crippen molar-refractivity contribution in [1.29, 1.82) is 0 Å². The fourth-order valence-corrected chi connectivity index (χ4v) is 4.11. The summed E-state index contributed by atoms with van der Waals surface area (Å²) in [7, 11) is 0. The van der Waals surface area contributed by atoms with Crippen molar-refractivity contribution >= 4 is 17.2 Å². The number of hydrogen-bond acceptors (Lipinski definition) is 4. The maximum Gasteiger partial charge on any atom is 0.228 e. The molecule has 1 saturated heterocycles. The molecule has 31 heavy (non-hydrogen) atoms. The van der Waals surface area contributed by atoms with Crippen molar-refractivity contribution < 1.29 is 4.79 Å². The minimum Gasteiger partial charge on any atom is -0.371 e. The number of pyridine rings is 1. The van der Waals surface area contributed by atoms with Gasteiger partial charge in [0.1, 0.15) is 0 Å². The van der Waals surface area contributed by atoms with E-state index in [0.717, 1.165) is 68.0 Å². The summed E-state index contributed by atoms with van der Waals surface area (Å²) in [6, 6.07) is 6.00. The first-order valence-electron chi connectivity index (χ1n) is 11.4. The largest absolute Gasteiger partial charge is 0.371 e. The van der Waals surface area contributed by atoms with Crippen LogP contribution >= 0.6 is 0 Å². The third kappa shape index (κ3) is 5.33. The van der Waals surface area contributed by atoms with Crippen molar-refractivity contribution in [3.05, 3.63) is 59.7 Å². The second kappa shape index (κ2) is 10.1. The smallest absolute Gasteiger partial charge is 0.228 e. The molecule has 1 aromatic heterocycles. The zero-order valence-corrected chi connectivity index (χ0v) is 19.7. The van der Waals surface area contributed by atoms with E-state index in [4.69, 9.17) is 4.99 Å². The molecule has 1 saturated carbocycles. The van der Waals surface area contributed by atoms with Crippen LogP contribution in [0.2, 0.25) is 0 Å². The number of carbonyl (C=O) groups is 1. The van der Waals surface area contributed by atoms with Crippen molar-refractivity contribution in [3.8, 4) is 0 Å². The lowest BCUT2D eigenvalue weighted by molar-refractivity contribution is -0.137. The van der Waals surface area contributed by atoms with Crippen LogP contribution in [0.4, 0.5) is 0 Å². The van der Waals surface area contributed by atoms with Gasteiger partial charge in [-0.2, -0.15) is 0 Å². The summed E-state index contributed by atoms with van der Waals surface area (Å²) >= 11 is 0. The molecule has 1 aliphatic heterocycles. The van der Waals surface area contributed by atoms with Gasteiger partial charge < -0.3 is 9.80 Å². The number of piperazine rings is 1. The van der Waals surface area contributed by atoms with E-state index in [0.29, 0.717) is 5.91 Å². The van der Waals surface area contributed by atoms with E-state index in [1.807, 2.05) is 30.6 Å². The molecule has 2 heterocycles. The average Bonchev–Trinajstić information content (AvgIpc) is 3.55. The zero-order chi connectivity index (χ0) is 22.4. The second-order valence-electron chi connectivity index (χ2n) is 8.73. The molecule has 5 heteroatoms. The lowest BCUT2D eigenvalue weighted by atomic mass is 9.95. The highest BCUT2D eigenvalue weighted by Gasteiger charge is 2.47. The number of nitrogens with zero attached hydrogens (tertiary/aromatic N) is 4. The minimum atomic E-state index is -0.0931. The van der Waals surface area contributed by atoms with E-state index in [2.05, 4.69) is 61.6 Å². The van der Waals surface area contributed by atoms with Gasteiger partial charge in [0.2, 0.25) is 5.91 Å². The van der Waals surface area contributed by atoms with Gasteiger partial charge in [0.15, 0.2) is 0 Å². The van der Waals surface area contributed by atoms with Gasteiger partial charge in [-0.05, 0) is 52.2 Å². The Morgan fingerprint density at radius 1 is 1.16 bits per heavy atom. The molecule has 3 rings (SSSR count). The van der Waals surface area contributed by atoms with Gasteiger partial charge >= 0.3 is 0 Å². The molecule has 0 aromatic carbocycles. The van der Waals surface area contributed by atoms with Crippen molar-refractivity contribution in [2.45, 2.75) is 53.9 Å². The minimum absolute atomic E-state index is 0.0931. The maximum absolute atomic E-state index is 12.7. The topological polar surface area (TPSA) is 48.8 Å². The Morgan fingerprint density at radius 3 is 2.39 bits per heavy atom. The number of hydrogen-bond donors (Lipinski definition) is 0. The van der Waals surface area contributed by atoms with Crippen LogP contribution in [-0.2, 0) is 4.79 Å². The van der Waals surface area contributed by atoms with Gasteiger partial charge in [0, 0.05) is 66.5 Å². The van der Waals surface area contributed by atoms with Crippen LogP contribution in [0.5, 0.6) is 0 Å². The normalized spacial score (nSPS) is 20.2. The summed E-state index contributed by atoms with van der Waals surface area (Å²) in [5.41, 5.74) is 5.23. The first-order valence-corrected chi connectivity index (χ1v) is 11.4. The Balaban J connectivity index is 1.89. The van der Waals surface area contributed by atoms with E-state index in [1.165, 1.54) is 5.70 Å². The van der Waals surface area contributed by atoms with Crippen molar-refractivity contribution in [3.63, 3.8) is 0 Å². The Bertz CT molecular complexity index is 899. The van der Waals surface area contributed by atoms with Gasteiger partial charge in [-0.15, -0.1) is 0 Å².